The Hall–Kier alpha value is -3.45. The lowest BCUT2D eigenvalue weighted by molar-refractivity contribution is -0.123. The number of thioether (sulfide) groups is 1. The predicted molar refractivity (Wildman–Crippen MR) is 154 cm³/mol. The first-order chi connectivity index (χ1) is 18.4. The number of benzene rings is 4. The van der Waals surface area contributed by atoms with Gasteiger partial charge in [0.05, 0.1) is 18.1 Å². The van der Waals surface area contributed by atoms with Gasteiger partial charge in [0, 0.05) is 15.6 Å². The normalized spacial score (nSPS) is 14.5. The molecule has 1 aliphatic heterocycles. The van der Waals surface area contributed by atoms with Crippen molar-refractivity contribution in [1.82, 2.24) is 4.90 Å². The van der Waals surface area contributed by atoms with Crippen LogP contribution in [0.2, 0.25) is 10.0 Å². The summed E-state index contributed by atoms with van der Waals surface area (Å²) < 4.78 is 11.9. The monoisotopic (exact) mass is 563 g/mol. The molecule has 0 N–H and O–H groups in total. The highest BCUT2D eigenvalue weighted by Crippen LogP contribution is 2.37. The molecular formula is C30H23Cl2NO4S. The molecule has 5 nitrogen and oxygen atoms in total. The summed E-state index contributed by atoms with van der Waals surface area (Å²) in [6.45, 7) is 2.73. The van der Waals surface area contributed by atoms with E-state index in [0.717, 1.165) is 27.6 Å². The minimum Gasteiger partial charge on any atom is -0.490 e. The number of rotatable bonds is 8. The highest BCUT2D eigenvalue weighted by molar-refractivity contribution is 8.18. The maximum Gasteiger partial charge on any atom is 0.293 e. The van der Waals surface area contributed by atoms with Crippen LogP contribution in [0.1, 0.15) is 23.6 Å². The van der Waals surface area contributed by atoms with Crippen molar-refractivity contribution >= 4 is 63.0 Å². The molecule has 4 aromatic rings. The molecule has 0 bridgehead atoms. The summed E-state index contributed by atoms with van der Waals surface area (Å²) in [6, 6.07) is 24.9. The van der Waals surface area contributed by atoms with Crippen molar-refractivity contribution in [2.24, 2.45) is 0 Å². The first-order valence-corrected chi connectivity index (χ1v) is 13.6. The third-order valence-corrected chi connectivity index (χ3v) is 7.64. The molecule has 0 radical (unpaired) electrons. The molecule has 0 saturated carbocycles. The number of hydrogen-bond acceptors (Lipinski definition) is 5. The molecule has 0 spiro atoms. The first-order valence-electron chi connectivity index (χ1n) is 12.0. The maximum atomic E-state index is 13.1. The Labute approximate surface area is 234 Å². The molecule has 8 heteroatoms. The summed E-state index contributed by atoms with van der Waals surface area (Å²) in [5, 5.41) is 2.76. The van der Waals surface area contributed by atoms with Gasteiger partial charge in [-0.05, 0) is 77.0 Å². The Morgan fingerprint density at radius 2 is 1.61 bits per heavy atom. The van der Waals surface area contributed by atoms with Crippen molar-refractivity contribution in [1.29, 1.82) is 0 Å². The SMILES string of the molecule is CCOc1cc(/C=C2/SC(=O)N(Cc3c(Cl)cccc3Cl)C2=O)ccc1OCc1ccc2ccccc2c1. The van der Waals surface area contributed by atoms with E-state index in [4.69, 9.17) is 32.7 Å². The van der Waals surface area contributed by atoms with Crippen molar-refractivity contribution in [2.75, 3.05) is 6.61 Å². The van der Waals surface area contributed by atoms with E-state index in [1.807, 2.05) is 37.3 Å². The van der Waals surface area contributed by atoms with Crippen LogP contribution in [0.25, 0.3) is 16.8 Å². The summed E-state index contributed by atoms with van der Waals surface area (Å²) in [4.78, 5) is 27.1. The Balaban J connectivity index is 1.33. The Bertz CT molecular complexity index is 1550. The van der Waals surface area contributed by atoms with Crippen LogP contribution in [0.3, 0.4) is 0 Å². The number of fused-ring (bicyclic) bond motifs is 1. The summed E-state index contributed by atoms with van der Waals surface area (Å²) >= 11 is 13.4. The number of carbonyl (C=O) groups is 2. The fourth-order valence-corrected chi connectivity index (χ4v) is 5.48. The molecule has 0 aliphatic carbocycles. The molecule has 192 valence electrons. The smallest absolute Gasteiger partial charge is 0.293 e. The molecule has 0 unspecified atom stereocenters. The number of ether oxygens (including phenoxy) is 2. The summed E-state index contributed by atoms with van der Waals surface area (Å²) in [7, 11) is 0. The fraction of sp³-hybridized carbons (Fsp3) is 0.133. The summed E-state index contributed by atoms with van der Waals surface area (Å²) in [5.41, 5.74) is 2.29. The topological polar surface area (TPSA) is 55.8 Å². The van der Waals surface area contributed by atoms with Crippen LogP contribution in [-0.2, 0) is 17.9 Å². The second kappa shape index (κ2) is 11.5. The first kappa shape index (κ1) is 26.2. The standard InChI is InChI=1S/C30H23Cl2NO4S/c1-2-36-27-15-19(11-13-26(27)37-18-20-10-12-21-6-3-4-7-22(21)14-20)16-28-29(34)33(30(35)38-28)17-23-24(31)8-5-9-25(23)32/h3-16H,2,17-18H2,1H3/b28-16+. The van der Waals surface area contributed by atoms with E-state index in [2.05, 4.69) is 24.3 Å². The highest BCUT2D eigenvalue weighted by atomic mass is 35.5. The minimum atomic E-state index is -0.398. The molecule has 2 amide bonds. The Kier molecular flexibility index (Phi) is 7.93. The van der Waals surface area contributed by atoms with Crippen molar-refractivity contribution < 1.29 is 19.1 Å². The van der Waals surface area contributed by atoms with Crippen molar-refractivity contribution in [2.45, 2.75) is 20.1 Å². The molecule has 38 heavy (non-hydrogen) atoms. The molecule has 0 aromatic heterocycles. The number of halogens is 2. The van der Waals surface area contributed by atoms with Gasteiger partial charge in [0.25, 0.3) is 11.1 Å². The van der Waals surface area contributed by atoms with Gasteiger partial charge in [0.1, 0.15) is 6.61 Å². The zero-order valence-corrected chi connectivity index (χ0v) is 22.8. The van der Waals surface area contributed by atoms with E-state index >= 15 is 0 Å². The van der Waals surface area contributed by atoms with Crippen molar-refractivity contribution in [3.63, 3.8) is 0 Å². The molecule has 5 rings (SSSR count). The minimum absolute atomic E-state index is 0.00621. The highest BCUT2D eigenvalue weighted by Gasteiger charge is 2.35. The van der Waals surface area contributed by atoms with Gasteiger partial charge in [-0.25, -0.2) is 0 Å². The third-order valence-electron chi connectivity index (χ3n) is 6.03. The second-order valence-electron chi connectivity index (χ2n) is 8.58. The quantitative estimate of drug-likeness (QED) is 0.201. The molecule has 1 fully saturated rings. The van der Waals surface area contributed by atoms with Crippen LogP contribution >= 0.6 is 35.0 Å². The fourth-order valence-electron chi connectivity index (χ4n) is 4.12. The lowest BCUT2D eigenvalue weighted by Gasteiger charge is -2.15. The third kappa shape index (κ3) is 5.68. The Morgan fingerprint density at radius 1 is 0.842 bits per heavy atom. The van der Waals surface area contributed by atoms with Crippen LogP contribution in [0, 0.1) is 0 Å². The predicted octanol–water partition coefficient (Wildman–Crippen LogP) is 8.36. The number of hydrogen-bond donors (Lipinski definition) is 0. The van der Waals surface area contributed by atoms with Gasteiger partial charge in [0.2, 0.25) is 0 Å². The largest absolute Gasteiger partial charge is 0.490 e. The van der Waals surface area contributed by atoms with Crippen LogP contribution in [0.4, 0.5) is 4.79 Å². The van der Waals surface area contributed by atoms with Gasteiger partial charge < -0.3 is 9.47 Å². The molecular weight excluding hydrogens is 541 g/mol. The van der Waals surface area contributed by atoms with Gasteiger partial charge >= 0.3 is 0 Å². The maximum absolute atomic E-state index is 13.1. The van der Waals surface area contributed by atoms with Crippen LogP contribution in [-0.4, -0.2) is 22.7 Å². The van der Waals surface area contributed by atoms with E-state index in [0.29, 0.717) is 50.8 Å². The van der Waals surface area contributed by atoms with Gasteiger partial charge in [0.15, 0.2) is 11.5 Å². The lowest BCUT2D eigenvalue weighted by Crippen LogP contribution is -2.27. The number of imide groups is 1. The zero-order chi connectivity index (χ0) is 26.6. The molecule has 0 atom stereocenters. The molecule has 4 aromatic carbocycles. The van der Waals surface area contributed by atoms with Crippen LogP contribution in [0.15, 0.2) is 83.8 Å². The van der Waals surface area contributed by atoms with E-state index < -0.39 is 5.91 Å². The van der Waals surface area contributed by atoms with Gasteiger partial charge in [-0.1, -0.05) is 71.7 Å². The average molecular weight is 564 g/mol. The van der Waals surface area contributed by atoms with E-state index in [1.54, 1.807) is 30.3 Å². The van der Waals surface area contributed by atoms with Crippen molar-refractivity contribution in [3.8, 4) is 11.5 Å². The zero-order valence-electron chi connectivity index (χ0n) is 20.4. The van der Waals surface area contributed by atoms with Crippen LogP contribution in [0.5, 0.6) is 11.5 Å². The summed E-state index contributed by atoms with van der Waals surface area (Å²) in [5.74, 6) is 0.758. The average Bonchev–Trinajstić information content (AvgIpc) is 3.17. The van der Waals surface area contributed by atoms with E-state index in [-0.39, 0.29) is 11.8 Å². The lowest BCUT2D eigenvalue weighted by atomic mass is 10.1. The second-order valence-corrected chi connectivity index (χ2v) is 10.4. The number of amides is 2. The van der Waals surface area contributed by atoms with Crippen LogP contribution < -0.4 is 9.47 Å². The number of carbonyl (C=O) groups excluding carboxylic acids is 2. The summed E-state index contributed by atoms with van der Waals surface area (Å²) in [6.07, 6.45) is 1.68. The Morgan fingerprint density at radius 3 is 2.37 bits per heavy atom. The van der Waals surface area contributed by atoms with Gasteiger partial charge in [-0.2, -0.15) is 0 Å². The van der Waals surface area contributed by atoms with Gasteiger partial charge in [-0.15, -0.1) is 0 Å². The molecule has 1 saturated heterocycles. The van der Waals surface area contributed by atoms with Gasteiger partial charge in [-0.3, -0.25) is 14.5 Å². The number of nitrogens with zero attached hydrogens (tertiary/aromatic N) is 1. The van der Waals surface area contributed by atoms with Crippen molar-refractivity contribution in [3.05, 3.63) is 111 Å². The van der Waals surface area contributed by atoms with E-state index in [1.165, 1.54) is 5.39 Å². The molecule has 1 aliphatic rings. The van der Waals surface area contributed by atoms with E-state index in [9.17, 15) is 9.59 Å². The molecule has 1 heterocycles.